The Bertz CT molecular complexity index is 930. The Balaban J connectivity index is 0.000000176. The first kappa shape index (κ1) is 24.5. The van der Waals surface area contributed by atoms with Crippen molar-refractivity contribution in [3.63, 3.8) is 0 Å². The summed E-state index contributed by atoms with van der Waals surface area (Å²) in [5.41, 5.74) is 4.04. The van der Waals surface area contributed by atoms with E-state index < -0.39 is 0 Å². The zero-order valence-corrected chi connectivity index (χ0v) is 21.9. The fourth-order valence-electron chi connectivity index (χ4n) is 4.18. The van der Waals surface area contributed by atoms with Crippen molar-refractivity contribution in [1.82, 2.24) is 0 Å². The lowest BCUT2D eigenvalue weighted by Gasteiger charge is -2.18. The van der Waals surface area contributed by atoms with E-state index in [1.54, 1.807) is 22.7 Å². The molecule has 0 saturated heterocycles. The first-order valence-corrected chi connectivity index (χ1v) is 13.6. The molecule has 170 valence electrons. The molecule has 2 aliphatic carbocycles. The predicted octanol–water partition coefficient (Wildman–Crippen LogP) is 6.86. The molecule has 7 heteroatoms. The number of carbonyl (C=O) groups excluding carboxylic acids is 2. The van der Waals surface area contributed by atoms with Crippen molar-refractivity contribution in [2.45, 2.75) is 66.2 Å². The van der Waals surface area contributed by atoms with E-state index in [4.69, 9.17) is 9.47 Å². The van der Waals surface area contributed by atoms with Gasteiger partial charge in [0.2, 0.25) is 0 Å². The molecule has 0 spiro atoms. The molecular weight excluding hydrogens is 496 g/mol. The number of hydrogen-bond acceptors (Lipinski definition) is 6. The quantitative estimate of drug-likeness (QED) is 0.408. The van der Waals surface area contributed by atoms with Crippen LogP contribution < -0.4 is 0 Å². The summed E-state index contributed by atoms with van der Waals surface area (Å²) in [5.74, 6) is 1.16. The average molecular weight is 528 g/mol. The smallest absolute Gasteiger partial charge is 0.340 e. The second-order valence-corrected chi connectivity index (χ2v) is 11.7. The Hall–Kier alpha value is -1.18. The van der Waals surface area contributed by atoms with Gasteiger partial charge in [0.1, 0.15) is 0 Å². The molecule has 4 rings (SSSR count). The van der Waals surface area contributed by atoms with Gasteiger partial charge in [-0.15, -0.1) is 22.7 Å². The van der Waals surface area contributed by atoms with Gasteiger partial charge in [0, 0.05) is 15.1 Å². The molecule has 0 N–H and O–H groups in total. The van der Waals surface area contributed by atoms with Gasteiger partial charge < -0.3 is 9.47 Å². The fourth-order valence-corrected chi connectivity index (χ4v) is 7.62. The minimum Gasteiger partial charge on any atom is -0.462 e. The molecule has 2 aliphatic rings. The largest absolute Gasteiger partial charge is 0.462 e. The summed E-state index contributed by atoms with van der Waals surface area (Å²) < 4.78 is 11.1. The number of fused-ring (bicyclic) bond motifs is 2. The molecule has 0 bridgehead atoms. The highest BCUT2D eigenvalue weighted by Crippen LogP contribution is 2.39. The molecule has 0 radical (unpaired) electrons. The predicted molar refractivity (Wildman–Crippen MR) is 131 cm³/mol. The summed E-state index contributed by atoms with van der Waals surface area (Å²) >= 11 is 6.89. The molecule has 2 heterocycles. The van der Waals surface area contributed by atoms with Gasteiger partial charge in [-0.2, -0.15) is 0 Å². The summed E-state index contributed by atoms with van der Waals surface area (Å²) in [5, 5.41) is 1.96. The molecule has 0 amide bonds. The van der Waals surface area contributed by atoms with Gasteiger partial charge in [0.05, 0.1) is 28.1 Å². The van der Waals surface area contributed by atoms with Gasteiger partial charge in [-0.3, -0.25) is 0 Å². The van der Waals surface area contributed by atoms with Crippen molar-refractivity contribution in [2.24, 2.45) is 11.8 Å². The highest BCUT2D eigenvalue weighted by atomic mass is 79.9. The van der Waals surface area contributed by atoms with Crippen molar-refractivity contribution in [3.05, 3.63) is 41.2 Å². The van der Waals surface area contributed by atoms with Crippen LogP contribution in [0.5, 0.6) is 0 Å². The molecule has 2 unspecified atom stereocenters. The first-order chi connectivity index (χ1) is 14.8. The van der Waals surface area contributed by atoms with Crippen molar-refractivity contribution in [3.8, 4) is 0 Å². The van der Waals surface area contributed by atoms with E-state index in [0.29, 0.717) is 13.2 Å². The summed E-state index contributed by atoms with van der Waals surface area (Å²) in [4.78, 5) is 26.2. The summed E-state index contributed by atoms with van der Waals surface area (Å²) in [6.45, 7) is 9.12. The third kappa shape index (κ3) is 5.79. The van der Waals surface area contributed by atoms with E-state index in [0.717, 1.165) is 52.4 Å². The van der Waals surface area contributed by atoms with Crippen LogP contribution in [0.3, 0.4) is 0 Å². The third-order valence-electron chi connectivity index (χ3n) is 5.85. The number of halogens is 1. The second kappa shape index (κ2) is 11.1. The van der Waals surface area contributed by atoms with Gasteiger partial charge in [-0.25, -0.2) is 9.59 Å². The lowest BCUT2D eigenvalue weighted by Crippen LogP contribution is -2.13. The maximum Gasteiger partial charge on any atom is 0.340 e. The lowest BCUT2D eigenvalue weighted by molar-refractivity contribution is 0.0515. The first-order valence-electron chi connectivity index (χ1n) is 11.1. The van der Waals surface area contributed by atoms with Crippen LogP contribution in [0.2, 0.25) is 0 Å². The minimum atomic E-state index is -0.179. The standard InChI is InChI=1S/C12H15BrO2S.C12H16O2S/c1-3-15-12(14)10-8-5-4-7(2)6-9(8)16-11(10)13;1-3-14-12(13)10-7-15-11-6-8(2)4-5-9(10)11/h7H,3-6H2,1-2H3;7-8H,3-6H2,1-2H3. The monoisotopic (exact) mass is 526 g/mol. The van der Waals surface area contributed by atoms with Crippen LogP contribution in [-0.4, -0.2) is 25.2 Å². The fraction of sp³-hybridized carbons (Fsp3) is 0.583. The van der Waals surface area contributed by atoms with E-state index in [1.807, 2.05) is 19.2 Å². The molecule has 0 saturated carbocycles. The van der Waals surface area contributed by atoms with Crippen molar-refractivity contribution < 1.29 is 19.1 Å². The van der Waals surface area contributed by atoms with Crippen LogP contribution in [0.1, 0.15) is 82.1 Å². The highest BCUT2D eigenvalue weighted by Gasteiger charge is 2.27. The van der Waals surface area contributed by atoms with Crippen LogP contribution in [-0.2, 0) is 35.2 Å². The Morgan fingerprint density at radius 2 is 1.55 bits per heavy atom. The van der Waals surface area contributed by atoms with Crippen molar-refractivity contribution >= 4 is 50.5 Å². The molecule has 31 heavy (non-hydrogen) atoms. The van der Waals surface area contributed by atoms with Gasteiger partial charge in [-0.1, -0.05) is 13.8 Å². The Kier molecular flexibility index (Phi) is 8.76. The van der Waals surface area contributed by atoms with Crippen LogP contribution in [0.25, 0.3) is 0 Å². The van der Waals surface area contributed by atoms with E-state index >= 15 is 0 Å². The molecule has 0 fully saturated rings. The normalized spacial score (nSPS) is 19.5. The zero-order valence-electron chi connectivity index (χ0n) is 18.7. The van der Waals surface area contributed by atoms with Crippen LogP contribution >= 0.6 is 38.6 Å². The number of thiophene rings is 2. The molecular formula is C24H31BrO4S2. The third-order valence-corrected chi connectivity index (χ3v) is 8.82. The van der Waals surface area contributed by atoms with Crippen molar-refractivity contribution in [1.29, 1.82) is 0 Å². The Morgan fingerprint density at radius 3 is 2.19 bits per heavy atom. The van der Waals surface area contributed by atoms with Gasteiger partial charge >= 0.3 is 11.9 Å². The molecule has 2 aromatic heterocycles. The molecule has 2 aromatic rings. The van der Waals surface area contributed by atoms with Crippen LogP contribution in [0.15, 0.2) is 9.17 Å². The highest BCUT2D eigenvalue weighted by molar-refractivity contribution is 9.11. The minimum absolute atomic E-state index is 0.149. The maximum atomic E-state index is 11.8. The second-order valence-electron chi connectivity index (χ2n) is 8.34. The SMILES string of the molecule is CCOC(=O)c1c(Br)sc2c1CCC(C)C2.CCOC(=O)c1csc2c1CCC(C)C2. The van der Waals surface area contributed by atoms with E-state index in [-0.39, 0.29) is 11.9 Å². The Morgan fingerprint density at radius 1 is 0.968 bits per heavy atom. The molecule has 0 aromatic carbocycles. The number of esters is 2. The lowest BCUT2D eigenvalue weighted by atomic mass is 9.88. The number of rotatable bonds is 4. The number of hydrogen-bond donors (Lipinski definition) is 0. The summed E-state index contributed by atoms with van der Waals surface area (Å²) in [6.07, 6.45) is 6.62. The summed E-state index contributed by atoms with van der Waals surface area (Å²) in [6, 6.07) is 0. The van der Waals surface area contributed by atoms with Gasteiger partial charge in [0.25, 0.3) is 0 Å². The average Bonchev–Trinajstić information content (AvgIpc) is 3.28. The topological polar surface area (TPSA) is 52.6 Å². The molecule has 2 atom stereocenters. The molecule has 4 nitrogen and oxygen atoms in total. The van der Waals surface area contributed by atoms with E-state index in [9.17, 15) is 9.59 Å². The van der Waals surface area contributed by atoms with Crippen LogP contribution in [0, 0.1) is 11.8 Å². The molecule has 0 aliphatic heterocycles. The zero-order chi connectivity index (χ0) is 22.5. The summed E-state index contributed by atoms with van der Waals surface area (Å²) in [7, 11) is 0. The van der Waals surface area contributed by atoms with Gasteiger partial charge in [-0.05, 0) is 91.3 Å². The van der Waals surface area contributed by atoms with Gasteiger partial charge in [0.15, 0.2) is 0 Å². The Labute approximate surface area is 201 Å². The number of carbonyl (C=O) groups is 2. The number of ether oxygens (including phenoxy) is 2. The maximum absolute atomic E-state index is 11.8. The van der Waals surface area contributed by atoms with Crippen molar-refractivity contribution in [2.75, 3.05) is 13.2 Å². The van der Waals surface area contributed by atoms with E-state index in [1.165, 1.54) is 33.7 Å². The van der Waals surface area contributed by atoms with Crippen LogP contribution in [0.4, 0.5) is 0 Å². The van der Waals surface area contributed by atoms with E-state index in [2.05, 4.69) is 29.8 Å².